The number of ether oxygens (including phenoxy) is 1. The summed E-state index contributed by atoms with van der Waals surface area (Å²) in [5.74, 6) is -0.420. The van der Waals surface area contributed by atoms with Gasteiger partial charge in [0.1, 0.15) is 12.6 Å². The first-order valence-corrected chi connectivity index (χ1v) is 4.31. The Hall–Kier alpha value is -1.32. The van der Waals surface area contributed by atoms with Crippen LogP contribution in [0.3, 0.4) is 0 Å². The van der Waals surface area contributed by atoms with Crippen molar-refractivity contribution in [3.63, 3.8) is 0 Å². The second-order valence-corrected chi connectivity index (χ2v) is 2.86. The van der Waals surface area contributed by atoms with Gasteiger partial charge in [0, 0.05) is 6.42 Å². The van der Waals surface area contributed by atoms with E-state index in [9.17, 15) is 9.59 Å². The van der Waals surface area contributed by atoms with Crippen LogP contribution in [-0.2, 0) is 14.3 Å². The van der Waals surface area contributed by atoms with Gasteiger partial charge in [-0.25, -0.2) is 4.79 Å². The van der Waals surface area contributed by atoms with Crippen molar-refractivity contribution in [2.75, 3.05) is 6.61 Å². The van der Waals surface area contributed by atoms with Crippen LogP contribution in [0.25, 0.3) is 0 Å². The molecule has 0 aromatic rings. The van der Waals surface area contributed by atoms with Gasteiger partial charge in [0.2, 0.25) is 5.91 Å². The van der Waals surface area contributed by atoms with Crippen LogP contribution in [-0.4, -0.2) is 24.5 Å². The lowest BCUT2D eigenvalue weighted by Crippen LogP contribution is -2.34. The zero-order chi connectivity index (χ0) is 9.68. The molecule has 0 saturated carbocycles. The Balaban J connectivity index is 2.27. The summed E-state index contributed by atoms with van der Waals surface area (Å²) in [4.78, 5) is 21.9. The second kappa shape index (κ2) is 4.64. The summed E-state index contributed by atoms with van der Waals surface area (Å²) < 4.78 is 4.87. The molecule has 1 heterocycles. The first kappa shape index (κ1) is 9.77. The number of rotatable bonds is 3. The minimum Gasteiger partial charge on any atom is -0.460 e. The fourth-order valence-corrected chi connectivity index (χ4v) is 1.12. The Labute approximate surface area is 76.9 Å². The minimum absolute atomic E-state index is 0.0759. The summed E-state index contributed by atoms with van der Waals surface area (Å²) in [5.41, 5.74) is 0. The molecule has 1 unspecified atom stereocenters. The van der Waals surface area contributed by atoms with Crippen LogP contribution in [0, 0.1) is 0 Å². The molecule has 72 valence electrons. The molecule has 0 aromatic carbocycles. The average Bonchev–Trinajstić information content (AvgIpc) is 2.52. The molecule has 13 heavy (non-hydrogen) atoms. The Kier molecular flexibility index (Phi) is 3.49. The number of carbonyl (C=O) groups excluding carboxylic acids is 2. The number of amides is 1. The van der Waals surface area contributed by atoms with Gasteiger partial charge < -0.3 is 10.1 Å². The van der Waals surface area contributed by atoms with E-state index >= 15 is 0 Å². The van der Waals surface area contributed by atoms with E-state index in [1.54, 1.807) is 12.2 Å². The number of nitrogens with one attached hydrogen (secondary N) is 1. The molecule has 1 atom stereocenters. The maximum Gasteiger partial charge on any atom is 0.328 e. The molecule has 0 bridgehead atoms. The van der Waals surface area contributed by atoms with Crippen LogP contribution in [0.4, 0.5) is 0 Å². The number of carbonyl (C=O) groups is 2. The molecule has 0 aromatic heterocycles. The largest absolute Gasteiger partial charge is 0.460 e. The molecule has 1 fully saturated rings. The standard InChI is InChI=1S/C9H13NO3/c1-2-3-6-13-9(12)7-4-5-8(11)10-7/h2-3,7H,4-6H2,1H3,(H,10,11)/b3-2+. The lowest BCUT2D eigenvalue weighted by atomic mass is 10.2. The lowest BCUT2D eigenvalue weighted by Gasteiger charge is -2.07. The summed E-state index contributed by atoms with van der Waals surface area (Å²) in [7, 11) is 0. The Morgan fingerprint density at radius 3 is 3.08 bits per heavy atom. The van der Waals surface area contributed by atoms with Gasteiger partial charge in [-0.2, -0.15) is 0 Å². The van der Waals surface area contributed by atoms with Crippen molar-refractivity contribution in [1.82, 2.24) is 5.32 Å². The predicted octanol–water partition coefficient (Wildman–Crippen LogP) is 0.384. The number of esters is 1. The summed E-state index contributed by atoms with van der Waals surface area (Å²) in [6.07, 6.45) is 4.52. The highest BCUT2D eigenvalue weighted by molar-refractivity contribution is 5.88. The monoisotopic (exact) mass is 183 g/mol. The van der Waals surface area contributed by atoms with Crippen molar-refractivity contribution >= 4 is 11.9 Å². The Morgan fingerprint density at radius 2 is 2.54 bits per heavy atom. The van der Waals surface area contributed by atoms with Crippen LogP contribution < -0.4 is 5.32 Å². The zero-order valence-electron chi connectivity index (χ0n) is 7.58. The van der Waals surface area contributed by atoms with Gasteiger partial charge in [-0.15, -0.1) is 0 Å². The van der Waals surface area contributed by atoms with E-state index in [0.717, 1.165) is 0 Å². The quantitative estimate of drug-likeness (QED) is 0.508. The minimum atomic E-state index is -0.433. The molecular formula is C9H13NO3. The van der Waals surface area contributed by atoms with Crippen LogP contribution in [0.2, 0.25) is 0 Å². The average molecular weight is 183 g/mol. The van der Waals surface area contributed by atoms with Crippen LogP contribution in [0.15, 0.2) is 12.2 Å². The first-order valence-electron chi connectivity index (χ1n) is 4.31. The maximum atomic E-state index is 11.2. The van der Waals surface area contributed by atoms with Crippen LogP contribution in [0.1, 0.15) is 19.8 Å². The molecule has 1 amide bonds. The van der Waals surface area contributed by atoms with Gasteiger partial charge in [-0.3, -0.25) is 4.79 Å². The topological polar surface area (TPSA) is 55.4 Å². The highest BCUT2D eigenvalue weighted by atomic mass is 16.5. The molecule has 4 heteroatoms. The van der Waals surface area contributed by atoms with Gasteiger partial charge in [0.25, 0.3) is 0 Å². The van der Waals surface area contributed by atoms with E-state index in [-0.39, 0.29) is 18.5 Å². The highest BCUT2D eigenvalue weighted by Crippen LogP contribution is 2.07. The fraction of sp³-hybridized carbons (Fsp3) is 0.556. The molecule has 1 aliphatic heterocycles. The van der Waals surface area contributed by atoms with Crippen LogP contribution in [0.5, 0.6) is 0 Å². The van der Waals surface area contributed by atoms with E-state index in [1.165, 1.54) is 0 Å². The van der Waals surface area contributed by atoms with Gasteiger partial charge in [-0.05, 0) is 13.3 Å². The molecule has 4 nitrogen and oxygen atoms in total. The molecule has 0 radical (unpaired) electrons. The van der Waals surface area contributed by atoms with Crippen molar-refractivity contribution in [3.05, 3.63) is 12.2 Å². The molecule has 1 saturated heterocycles. The van der Waals surface area contributed by atoms with E-state index < -0.39 is 6.04 Å². The fourth-order valence-electron chi connectivity index (χ4n) is 1.12. The van der Waals surface area contributed by atoms with E-state index in [4.69, 9.17) is 4.74 Å². The third-order valence-corrected chi connectivity index (χ3v) is 1.84. The van der Waals surface area contributed by atoms with Crippen molar-refractivity contribution in [1.29, 1.82) is 0 Å². The smallest absolute Gasteiger partial charge is 0.328 e. The summed E-state index contributed by atoms with van der Waals surface area (Å²) in [6, 6.07) is -0.433. The highest BCUT2D eigenvalue weighted by Gasteiger charge is 2.27. The summed E-state index contributed by atoms with van der Waals surface area (Å²) in [5, 5.41) is 2.54. The third-order valence-electron chi connectivity index (χ3n) is 1.84. The number of allylic oxidation sites excluding steroid dienone is 1. The Bertz CT molecular complexity index is 235. The van der Waals surface area contributed by atoms with E-state index in [1.807, 2.05) is 6.92 Å². The molecule has 1 N–H and O–H groups in total. The van der Waals surface area contributed by atoms with Gasteiger partial charge in [-0.1, -0.05) is 12.2 Å². The van der Waals surface area contributed by atoms with Gasteiger partial charge in [0.05, 0.1) is 0 Å². The molecule has 1 rings (SSSR count). The summed E-state index contributed by atoms with van der Waals surface area (Å²) in [6.45, 7) is 2.13. The first-order chi connectivity index (χ1) is 6.24. The second-order valence-electron chi connectivity index (χ2n) is 2.86. The molecule has 0 spiro atoms. The van der Waals surface area contributed by atoms with Crippen LogP contribution >= 0.6 is 0 Å². The van der Waals surface area contributed by atoms with E-state index in [0.29, 0.717) is 12.8 Å². The third kappa shape index (κ3) is 2.89. The van der Waals surface area contributed by atoms with Crippen molar-refractivity contribution < 1.29 is 14.3 Å². The van der Waals surface area contributed by atoms with Crippen molar-refractivity contribution in [3.8, 4) is 0 Å². The summed E-state index contributed by atoms with van der Waals surface area (Å²) >= 11 is 0. The number of hydrogen-bond acceptors (Lipinski definition) is 3. The zero-order valence-corrected chi connectivity index (χ0v) is 7.58. The maximum absolute atomic E-state index is 11.2. The predicted molar refractivity (Wildman–Crippen MR) is 46.9 cm³/mol. The Morgan fingerprint density at radius 1 is 1.77 bits per heavy atom. The molecule has 0 aliphatic carbocycles. The SMILES string of the molecule is C/C=C/COC(=O)C1CCC(=O)N1. The van der Waals surface area contributed by atoms with Crippen molar-refractivity contribution in [2.45, 2.75) is 25.8 Å². The van der Waals surface area contributed by atoms with Gasteiger partial charge in [0.15, 0.2) is 0 Å². The normalized spacial score (nSPS) is 21.9. The molecular weight excluding hydrogens is 170 g/mol. The van der Waals surface area contributed by atoms with Crippen molar-refractivity contribution in [2.24, 2.45) is 0 Å². The molecule has 1 aliphatic rings. The number of hydrogen-bond donors (Lipinski definition) is 1. The lowest BCUT2D eigenvalue weighted by molar-refractivity contribution is -0.145. The van der Waals surface area contributed by atoms with E-state index in [2.05, 4.69) is 5.32 Å². The van der Waals surface area contributed by atoms with Gasteiger partial charge >= 0.3 is 5.97 Å².